The van der Waals surface area contributed by atoms with Crippen LogP contribution in [0.15, 0.2) is 34.8 Å². The molecule has 3 rings (SSSR count). The lowest BCUT2D eigenvalue weighted by Crippen LogP contribution is -2.19. The van der Waals surface area contributed by atoms with E-state index in [2.05, 4.69) is 21.2 Å². The standard InChI is InChI=1S/C14H9BrClFN2O2/c15-7-4-6-9(19-14(20)13(6)18)5-11(7)21-10-3-1-2-8(16)12(10)17/h1-5,13H,18H2,(H,19,20). The van der Waals surface area contributed by atoms with E-state index in [1.54, 1.807) is 18.2 Å². The Kier molecular flexibility index (Phi) is 3.61. The molecule has 0 spiro atoms. The summed E-state index contributed by atoms with van der Waals surface area (Å²) in [5.41, 5.74) is 6.96. The lowest BCUT2D eigenvalue weighted by atomic mass is 10.1. The number of fused-ring (bicyclic) bond motifs is 1. The van der Waals surface area contributed by atoms with Gasteiger partial charge in [-0.25, -0.2) is 4.39 Å². The molecule has 1 aliphatic heterocycles. The summed E-state index contributed by atoms with van der Waals surface area (Å²) in [7, 11) is 0. The van der Waals surface area contributed by atoms with Crippen molar-refractivity contribution in [2.24, 2.45) is 5.73 Å². The molecule has 21 heavy (non-hydrogen) atoms. The molecule has 0 bridgehead atoms. The number of carbonyl (C=O) groups excluding carboxylic acids is 1. The van der Waals surface area contributed by atoms with Gasteiger partial charge in [-0.3, -0.25) is 4.79 Å². The molecule has 3 N–H and O–H groups in total. The first-order chi connectivity index (χ1) is 9.97. The Morgan fingerprint density at radius 3 is 2.86 bits per heavy atom. The van der Waals surface area contributed by atoms with Crippen LogP contribution >= 0.6 is 27.5 Å². The van der Waals surface area contributed by atoms with Crippen molar-refractivity contribution in [3.8, 4) is 11.5 Å². The number of carbonyl (C=O) groups is 1. The van der Waals surface area contributed by atoms with E-state index >= 15 is 0 Å². The quantitative estimate of drug-likeness (QED) is 0.839. The zero-order valence-electron chi connectivity index (χ0n) is 10.5. The summed E-state index contributed by atoms with van der Waals surface area (Å²) in [6.07, 6.45) is 0. The normalized spacial score (nSPS) is 16.6. The van der Waals surface area contributed by atoms with Gasteiger partial charge in [0, 0.05) is 17.3 Å². The van der Waals surface area contributed by atoms with Crippen molar-refractivity contribution >= 4 is 39.1 Å². The number of hydrogen-bond donors (Lipinski definition) is 2. The summed E-state index contributed by atoms with van der Waals surface area (Å²) < 4.78 is 19.9. The monoisotopic (exact) mass is 370 g/mol. The maximum atomic E-state index is 13.9. The Morgan fingerprint density at radius 1 is 1.33 bits per heavy atom. The van der Waals surface area contributed by atoms with Crippen LogP contribution in [0.1, 0.15) is 11.6 Å². The number of halogens is 3. The van der Waals surface area contributed by atoms with Gasteiger partial charge in [-0.1, -0.05) is 17.7 Å². The van der Waals surface area contributed by atoms with E-state index in [0.29, 0.717) is 21.5 Å². The second-order valence-electron chi connectivity index (χ2n) is 4.49. The van der Waals surface area contributed by atoms with Crippen molar-refractivity contribution in [3.05, 3.63) is 51.2 Å². The largest absolute Gasteiger partial charge is 0.453 e. The molecule has 4 nitrogen and oxygen atoms in total. The van der Waals surface area contributed by atoms with Gasteiger partial charge in [0.25, 0.3) is 0 Å². The van der Waals surface area contributed by atoms with Crippen molar-refractivity contribution < 1.29 is 13.9 Å². The molecule has 1 heterocycles. The van der Waals surface area contributed by atoms with Crippen molar-refractivity contribution in [1.29, 1.82) is 0 Å². The number of ether oxygens (including phenoxy) is 1. The number of rotatable bonds is 2. The van der Waals surface area contributed by atoms with E-state index in [4.69, 9.17) is 22.1 Å². The van der Waals surface area contributed by atoms with Gasteiger partial charge in [0.05, 0.1) is 9.50 Å². The molecule has 0 aromatic heterocycles. The highest BCUT2D eigenvalue weighted by Gasteiger charge is 2.28. The van der Waals surface area contributed by atoms with Gasteiger partial charge in [-0.05, 0) is 34.1 Å². The highest BCUT2D eigenvalue weighted by atomic mass is 79.9. The maximum Gasteiger partial charge on any atom is 0.245 e. The fourth-order valence-electron chi connectivity index (χ4n) is 2.05. The highest BCUT2D eigenvalue weighted by Crippen LogP contribution is 2.40. The first-order valence-electron chi connectivity index (χ1n) is 5.99. The van der Waals surface area contributed by atoms with Crippen LogP contribution < -0.4 is 15.8 Å². The van der Waals surface area contributed by atoms with Crippen molar-refractivity contribution in [2.75, 3.05) is 5.32 Å². The van der Waals surface area contributed by atoms with Crippen molar-refractivity contribution in [3.63, 3.8) is 0 Å². The molecule has 0 radical (unpaired) electrons. The van der Waals surface area contributed by atoms with Crippen molar-refractivity contribution in [1.82, 2.24) is 0 Å². The molecule has 1 amide bonds. The van der Waals surface area contributed by atoms with Gasteiger partial charge >= 0.3 is 0 Å². The van der Waals surface area contributed by atoms with Gasteiger partial charge < -0.3 is 15.8 Å². The van der Waals surface area contributed by atoms with Crippen LogP contribution in [0.3, 0.4) is 0 Å². The summed E-state index contributed by atoms with van der Waals surface area (Å²) in [5.74, 6) is -0.587. The van der Waals surface area contributed by atoms with E-state index in [1.165, 1.54) is 12.1 Å². The zero-order chi connectivity index (χ0) is 15.1. The topological polar surface area (TPSA) is 64.4 Å². The smallest absolute Gasteiger partial charge is 0.245 e. The van der Waals surface area contributed by atoms with Crippen LogP contribution in [0.25, 0.3) is 0 Å². The minimum atomic E-state index is -0.715. The molecule has 2 aromatic rings. The highest BCUT2D eigenvalue weighted by molar-refractivity contribution is 9.10. The van der Waals surface area contributed by atoms with Gasteiger partial charge in [0.1, 0.15) is 11.8 Å². The molecule has 0 aliphatic carbocycles. The molecule has 0 fully saturated rings. The fraction of sp³-hybridized carbons (Fsp3) is 0.0714. The van der Waals surface area contributed by atoms with E-state index in [0.717, 1.165) is 0 Å². The molecule has 1 aliphatic rings. The fourth-order valence-corrected chi connectivity index (χ4v) is 2.65. The van der Waals surface area contributed by atoms with Crippen LogP contribution in [0.2, 0.25) is 5.02 Å². The Morgan fingerprint density at radius 2 is 2.10 bits per heavy atom. The third kappa shape index (κ3) is 2.50. The predicted molar refractivity (Wildman–Crippen MR) is 81.2 cm³/mol. The molecular formula is C14H9BrClFN2O2. The number of nitrogens with one attached hydrogen (secondary N) is 1. The van der Waals surface area contributed by atoms with Crippen molar-refractivity contribution in [2.45, 2.75) is 6.04 Å². The number of benzene rings is 2. The summed E-state index contributed by atoms with van der Waals surface area (Å²) >= 11 is 9.03. The summed E-state index contributed by atoms with van der Waals surface area (Å²) in [6, 6.07) is 7.03. The molecule has 1 unspecified atom stereocenters. The van der Waals surface area contributed by atoms with E-state index in [-0.39, 0.29) is 16.7 Å². The summed E-state index contributed by atoms with van der Waals surface area (Å²) in [6.45, 7) is 0. The average molecular weight is 372 g/mol. The second kappa shape index (κ2) is 5.29. The first kappa shape index (κ1) is 14.3. The Labute approximate surface area is 133 Å². The SMILES string of the molecule is NC1C(=O)Nc2cc(Oc3cccc(Cl)c3F)c(Br)cc21. The van der Waals surface area contributed by atoms with Crippen LogP contribution in [0.4, 0.5) is 10.1 Å². The number of anilines is 1. The lowest BCUT2D eigenvalue weighted by Gasteiger charge is -2.11. The Balaban J connectivity index is 1.99. The third-order valence-corrected chi connectivity index (χ3v) is 4.03. The average Bonchev–Trinajstić information content (AvgIpc) is 2.71. The predicted octanol–water partition coefficient (Wildman–Crippen LogP) is 3.99. The van der Waals surface area contributed by atoms with Crippen LogP contribution in [0, 0.1) is 5.82 Å². The Hall–Kier alpha value is -1.63. The van der Waals surface area contributed by atoms with E-state index in [9.17, 15) is 9.18 Å². The Bertz CT molecular complexity index is 754. The first-order valence-corrected chi connectivity index (χ1v) is 7.16. The summed E-state index contributed by atoms with van der Waals surface area (Å²) in [4.78, 5) is 11.5. The third-order valence-electron chi connectivity index (χ3n) is 3.12. The van der Waals surface area contributed by atoms with Gasteiger partial charge in [0.2, 0.25) is 5.91 Å². The molecule has 2 aromatic carbocycles. The summed E-state index contributed by atoms with van der Waals surface area (Å²) in [5, 5.41) is 2.61. The second-order valence-corrected chi connectivity index (χ2v) is 5.75. The molecule has 1 atom stereocenters. The minimum Gasteiger partial charge on any atom is -0.453 e. The van der Waals surface area contributed by atoms with Gasteiger partial charge in [-0.2, -0.15) is 0 Å². The molecule has 108 valence electrons. The van der Waals surface area contributed by atoms with Crippen LogP contribution in [0.5, 0.6) is 11.5 Å². The molecule has 0 saturated heterocycles. The lowest BCUT2D eigenvalue weighted by molar-refractivity contribution is -0.116. The van der Waals surface area contributed by atoms with Crippen LogP contribution in [-0.2, 0) is 4.79 Å². The molecular weight excluding hydrogens is 363 g/mol. The zero-order valence-corrected chi connectivity index (χ0v) is 12.8. The number of hydrogen-bond acceptors (Lipinski definition) is 3. The number of nitrogens with two attached hydrogens (primary N) is 1. The van der Waals surface area contributed by atoms with Gasteiger partial charge in [-0.15, -0.1) is 0 Å². The minimum absolute atomic E-state index is 0.00299. The van der Waals surface area contributed by atoms with Gasteiger partial charge in [0.15, 0.2) is 11.6 Å². The maximum absolute atomic E-state index is 13.9. The van der Waals surface area contributed by atoms with Crippen LogP contribution in [-0.4, -0.2) is 5.91 Å². The molecule has 7 heteroatoms. The number of amides is 1. The van der Waals surface area contributed by atoms with E-state index in [1.807, 2.05) is 0 Å². The van der Waals surface area contributed by atoms with E-state index < -0.39 is 11.9 Å². The molecule has 0 saturated carbocycles.